The monoisotopic (exact) mass is 240 g/mol. The molecule has 1 atom stereocenters. The number of nitrogens with two attached hydrogens (primary N) is 1. The van der Waals surface area contributed by atoms with E-state index in [1.54, 1.807) is 0 Å². The highest BCUT2D eigenvalue weighted by atomic mass is 35.5. The van der Waals surface area contributed by atoms with Crippen molar-refractivity contribution in [3.05, 3.63) is 28.8 Å². The van der Waals surface area contributed by atoms with E-state index in [1.807, 2.05) is 18.2 Å². The third-order valence-corrected chi connectivity index (χ3v) is 3.22. The lowest BCUT2D eigenvalue weighted by molar-refractivity contribution is -0.00427. The fourth-order valence-corrected chi connectivity index (χ4v) is 2.12. The lowest BCUT2D eigenvalue weighted by Crippen LogP contribution is -2.43. The largest absolute Gasteiger partial charge is 0.398 e. The summed E-state index contributed by atoms with van der Waals surface area (Å²) in [6, 6.07) is 6.07. The molecular weight excluding hydrogens is 224 g/mol. The second-order valence-corrected chi connectivity index (χ2v) is 4.67. The summed E-state index contributed by atoms with van der Waals surface area (Å²) in [4.78, 5) is 2.37. The Balaban J connectivity index is 2.10. The minimum absolute atomic E-state index is 0.437. The number of benzene rings is 1. The van der Waals surface area contributed by atoms with Crippen molar-refractivity contribution in [3.8, 4) is 0 Å². The van der Waals surface area contributed by atoms with Gasteiger partial charge in [0.1, 0.15) is 0 Å². The SMILES string of the molecule is CC1COCCN1Cc1cc(Cl)ccc1N. The van der Waals surface area contributed by atoms with Crippen LogP contribution >= 0.6 is 11.6 Å². The van der Waals surface area contributed by atoms with E-state index in [0.717, 1.165) is 42.6 Å². The Bertz CT molecular complexity index is 370. The molecule has 0 aliphatic carbocycles. The lowest BCUT2D eigenvalue weighted by atomic mass is 10.1. The van der Waals surface area contributed by atoms with Crippen LogP contribution in [0.15, 0.2) is 18.2 Å². The van der Waals surface area contributed by atoms with E-state index in [0.29, 0.717) is 6.04 Å². The van der Waals surface area contributed by atoms with Gasteiger partial charge in [0.2, 0.25) is 0 Å². The van der Waals surface area contributed by atoms with Gasteiger partial charge in [-0.25, -0.2) is 0 Å². The van der Waals surface area contributed by atoms with Crippen LogP contribution in [-0.4, -0.2) is 30.7 Å². The predicted octanol–water partition coefficient (Wildman–Crippen LogP) is 2.14. The summed E-state index contributed by atoms with van der Waals surface area (Å²) in [6.45, 7) is 5.55. The summed E-state index contributed by atoms with van der Waals surface area (Å²) in [5.41, 5.74) is 7.84. The Morgan fingerprint density at radius 2 is 2.38 bits per heavy atom. The van der Waals surface area contributed by atoms with Gasteiger partial charge in [-0.15, -0.1) is 0 Å². The Labute approximate surface area is 101 Å². The molecule has 1 aromatic rings. The third-order valence-electron chi connectivity index (χ3n) is 2.98. The molecule has 1 unspecified atom stereocenters. The first-order valence-corrected chi connectivity index (χ1v) is 5.90. The smallest absolute Gasteiger partial charge is 0.0619 e. The number of hydrogen-bond donors (Lipinski definition) is 1. The summed E-state index contributed by atoms with van der Waals surface area (Å²) in [5, 5.41) is 0.741. The van der Waals surface area contributed by atoms with Gasteiger partial charge in [0.05, 0.1) is 13.2 Å². The first-order chi connectivity index (χ1) is 7.66. The second-order valence-electron chi connectivity index (χ2n) is 4.24. The first kappa shape index (κ1) is 11.7. The van der Waals surface area contributed by atoms with E-state index in [1.165, 1.54) is 0 Å². The van der Waals surface area contributed by atoms with Crippen LogP contribution in [0.25, 0.3) is 0 Å². The van der Waals surface area contributed by atoms with Crippen LogP contribution in [0.2, 0.25) is 5.02 Å². The van der Waals surface area contributed by atoms with Gasteiger partial charge >= 0.3 is 0 Å². The summed E-state index contributed by atoms with van der Waals surface area (Å²) in [7, 11) is 0. The molecule has 0 aromatic heterocycles. The fraction of sp³-hybridized carbons (Fsp3) is 0.500. The molecule has 0 bridgehead atoms. The van der Waals surface area contributed by atoms with Crippen LogP contribution in [0, 0.1) is 0 Å². The highest BCUT2D eigenvalue weighted by Gasteiger charge is 2.19. The first-order valence-electron chi connectivity index (χ1n) is 5.52. The molecule has 1 aromatic carbocycles. The normalized spacial score (nSPS) is 22.2. The molecule has 2 N–H and O–H groups in total. The van der Waals surface area contributed by atoms with E-state index >= 15 is 0 Å². The molecule has 88 valence electrons. The molecule has 3 nitrogen and oxygen atoms in total. The standard InChI is InChI=1S/C12H17ClN2O/c1-9-8-16-5-4-15(9)7-10-6-11(13)2-3-12(10)14/h2-3,6,9H,4-5,7-8,14H2,1H3. The maximum atomic E-state index is 5.97. The summed E-state index contributed by atoms with van der Waals surface area (Å²) >= 11 is 5.97. The van der Waals surface area contributed by atoms with Gasteiger partial charge in [-0.3, -0.25) is 4.90 Å². The van der Waals surface area contributed by atoms with Crippen LogP contribution in [0.4, 0.5) is 5.69 Å². The van der Waals surface area contributed by atoms with Crippen LogP contribution < -0.4 is 5.73 Å². The summed E-state index contributed by atoms with van der Waals surface area (Å²) in [5.74, 6) is 0. The number of hydrogen-bond acceptors (Lipinski definition) is 3. The molecule has 1 aliphatic heterocycles. The van der Waals surface area contributed by atoms with Crippen molar-refractivity contribution in [2.75, 3.05) is 25.5 Å². The molecule has 1 heterocycles. The number of rotatable bonds is 2. The number of ether oxygens (including phenoxy) is 1. The molecule has 0 radical (unpaired) electrons. The van der Waals surface area contributed by atoms with Gasteiger partial charge in [0, 0.05) is 29.8 Å². The van der Waals surface area contributed by atoms with E-state index in [9.17, 15) is 0 Å². The van der Waals surface area contributed by atoms with E-state index in [-0.39, 0.29) is 0 Å². The number of morpholine rings is 1. The second kappa shape index (κ2) is 5.04. The molecule has 2 rings (SSSR count). The van der Waals surface area contributed by atoms with Crippen molar-refractivity contribution in [2.45, 2.75) is 19.5 Å². The Hall–Kier alpha value is -0.770. The van der Waals surface area contributed by atoms with Gasteiger partial charge in [-0.2, -0.15) is 0 Å². The van der Waals surface area contributed by atoms with Gasteiger partial charge in [0.25, 0.3) is 0 Å². The highest BCUT2D eigenvalue weighted by molar-refractivity contribution is 6.30. The zero-order valence-electron chi connectivity index (χ0n) is 9.45. The van der Waals surface area contributed by atoms with E-state index < -0.39 is 0 Å². The maximum absolute atomic E-state index is 5.97. The van der Waals surface area contributed by atoms with E-state index in [4.69, 9.17) is 22.1 Å². The third kappa shape index (κ3) is 2.67. The number of nitrogens with zero attached hydrogens (tertiary/aromatic N) is 1. The number of halogens is 1. The van der Waals surface area contributed by atoms with Crippen molar-refractivity contribution in [1.29, 1.82) is 0 Å². The quantitative estimate of drug-likeness (QED) is 0.805. The molecular formula is C12H17ClN2O. The van der Waals surface area contributed by atoms with Gasteiger partial charge < -0.3 is 10.5 Å². The Kier molecular flexibility index (Phi) is 3.69. The molecule has 0 amide bonds. The molecule has 4 heteroatoms. The van der Waals surface area contributed by atoms with Crippen molar-refractivity contribution >= 4 is 17.3 Å². The van der Waals surface area contributed by atoms with Crippen molar-refractivity contribution in [1.82, 2.24) is 4.90 Å². The summed E-state index contributed by atoms with van der Waals surface area (Å²) in [6.07, 6.45) is 0. The van der Waals surface area contributed by atoms with Crippen LogP contribution in [0.3, 0.4) is 0 Å². The lowest BCUT2D eigenvalue weighted by Gasteiger charge is -2.33. The van der Waals surface area contributed by atoms with E-state index in [2.05, 4.69) is 11.8 Å². The molecule has 0 saturated carbocycles. The van der Waals surface area contributed by atoms with Crippen LogP contribution in [-0.2, 0) is 11.3 Å². The Morgan fingerprint density at radius 1 is 1.56 bits per heavy atom. The fourth-order valence-electron chi connectivity index (χ4n) is 1.93. The molecule has 1 aliphatic rings. The summed E-state index contributed by atoms with van der Waals surface area (Å²) < 4.78 is 5.40. The van der Waals surface area contributed by atoms with Crippen molar-refractivity contribution in [2.24, 2.45) is 0 Å². The number of nitrogen functional groups attached to an aromatic ring is 1. The van der Waals surface area contributed by atoms with Crippen LogP contribution in [0.5, 0.6) is 0 Å². The van der Waals surface area contributed by atoms with Crippen molar-refractivity contribution in [3.63, 3.8) is 0 Å². The topological polar surface area (TPSA) is 38.5 Å². The minimum atomic E-state index is 0.437. The molecule has 0 spiro atoms. The highest BCUT2D eigenvalue weighted by Crippen LogP contribution is 2.21. The van der Waals surface area contributed by atoms with Crippen molar-refractivity contribution < 1.29 is 4.74 Å². The average molecular weight is 241 g/mol. The Morgan fingerprint density at radius 3 is 3.12 bits per heavy atom. The minimum Gasteiger partial charge on any atom is -0.398 e. The van der Waals surface area contributed by atoms with Gasteiger partial charge in [-0.05, 0) is 30.7 Å². The van der Waals surface area contributed by atoms with Crippen LogP contribution in [0.1, 0.15) is 12.5 Å². The molecule has 1 saturated heterocycles. The number of anilines is 1. The zero-order chi connectivity index (χ0) is 11.5. The van der Waals surface area contributed by atoms with Gasteiger partial charge in [-0.1, -0.05) is 11.6 Å². The molecule has 16 heavy (non-hydrogen) atoms. The maximum Gasteiger partial charge on any atom is 0.0619 e. The van der Waals surface area contributed by atoms with Gasteiger partial charge in [0.15, 0.2) is 0 Å². The predicted molar refractivity (Wildman–Crippen MR) is 66.6 cm³/mol. The zero-order valence-corrected chi connectivity index (χ0v) is 10.2. The average Bonchev–Trinajstić information content (AvgIpc) is 2.27. The molecule has 1 fully saturated rings.